The number of benzene rings is 1. The third-order valence-electron chi connectivity index (χ3n) is 4.84. The number of imidazole rings is 1. The van der Waals surface area contributed by atoms with Gasteiger partial charge < -0.3 is 9.88 Å². The fourth-order valence-corrected chi connectivity index (χ4v) is 3.73. The maximum absolute atomic E-state index is 6.20. The first-order chi connectivity index (χ1) is 9.73. The van der Waals surface area contributed by atoms with Crippen LogP contribution < -0.4 is 5.32 Å². The van der Waals surface area contributed by atoms with E-state index in [0.717, 1.165) is 23.5 Å². The molecule has 4 heteroatoms. The van der Waals surface area contributed by atoms with Gasteiger partial charge in [0.05, 0.1) is 16.6 Å². The molecule has 0 spiro atoms. The molecular formula is C16H20ClN3. The number of nitrogens with zero attached hydrogens (tertiary/aromatic N) is 2. The Morgan fingerprint density at radius 2 is 2.30 bits per heavy atom. The lowest BCUT2D eigenvalue weighted by molar-refractivity contribution is 0.339. The number of fused-ring (bicyclic) bond motifs is 1. The number of nitrogens with one attached hydrogen (secondary N) is 1. The molecule has 1 aromatic heterocycles. The van der Waals surface area contributed by atoms with Gasteiger partial charge >= 0.3 is 0 Å². The van der Waals surface area contributed by atoms with Crippen molar-refractivity contribution in [2.24, 2.45) is 0 Å². The molecule has 2 heterocycles. The molecule has 20 heavy (non-hydrogen) atoms. The molecule has 106 valence electrons. The topological polar surface area (TPSA) is 29.9 Å². The van der Waals surface area contributed by atoms with Crippen molar-refractivity contribution in [3.63, 3.8) is 0 Å². The van der Waals surface area contributed by atoms with Crippen molar-refractivity contribution in [2.75, 3.05) is 6.54 Å². The standard InChI is InChI=1S/C16H20ClN3/c1-2-16(8-3-9-18-16)15-19-13-7-4-11(17)10-14(13)20(15)12-5-6-12/h4,7,10,12,18H,2-3,5-6,8-9H2,1H3. The predicted octanol–water partition coefficient (Wildman–Crippen LogP) is 4.01. The smallest absolute Gasteiger partial charge is 0.130 e. The Kier molecular flexibility index (Phi) is 2.83. The highest BCUT2D eigenvalue weighted by Gasteiger charge is 2.41. The van der Waals surface area contributed by atoms with Gasteiger partial charge in [-0.2, -0.15) is 0 Å². The van der Waals surface area contributed by atoms with Gasteiger partial charge in [-0.05, 0) is 56.8 Å². The van der Waals surface area contributed by atoms with Crippen molar-refractivity contribution in [2.45, 2.75) is 50.6 Å². The van der Waals surface area contributed by atoms with Crippen LogP contribution in [0.2, 0.25) is 5.02 Å². The number of halogens is 1. The molecule has 0 bridgehead atoms. The van der Waals surface area contributed by atoms with Crippen LogP contribution in [0.5, 0.6) is 0 Å². The molecule has 3 nitrogen and oxygen atoms in total. The second-order valence-corrected chi connectivity index (χ2v) is 6.57. The minimum Gasteiger partial charge on any atom is -0.323 e. The van der Waals surface area contributed by atoms with E-state index in [-0.39, 0.29) is 5.54 Å². The van der Waals surface area contributed by atoms with E-state index in [4.69, 9.17) is 16.6 Å². The van der Waals surface area contributed by atoms with E-state index in [2.05, 4.69) is 28.9 Å². The van der Waals surface area contributed by atoms with E-state index >= 15 is 0 Å². The largest absolute Gasteiger partial charge is 0.323 e. The molecule has 1 aromatic carbocycles. The highest BCUT2D eigenvalue weighted by molar-refractivity contribution is 6.31. The van der Waals surface area contributed by atoms with Gasteiger partial charge in [0.15, 0.2) is 0 Å². The van der Waals surface area contributed by atoms with Crippen LogP contribution in [-0.2, 0) is 5.54 Å². The summed E-state index contributed by atoms with van der Waals surface area (Å²) in [5.74, 6) is 1.23. The first-order valence-electron chi connectivity index (χ1n) is 7.66. The summed E-state index contributed by atoms with van der Waals surface area (Å²) in [6.07, 6.45) is 6.06. The lowest BCUT2D eigenvalue weighted by atomic mass is 9.93. The van der Waals surface area contributed by atoms with Crippen LogP contribution in [0.3, 0.4) is 0 Å². The maximum Gasteiger partial charge on any atom is 0.130 e. The average Bonchev–Trinajstić information content (AvgIpc) is 3.04. The highest BCUT2D eigenvalue weighted by atomic mass is 35.5. The van der Waals surface area contributed by atoms with Gasteiger partial charge in [0.2, 0.25) is 0 Å². The van der Waals surface area contributed by atoms with Crippen LogP contribution in [0, 0.1) is 0 Å². The monoisotopic (exact) mass is 289 g/mol. The lowest BCUT2D eigenvalue weighted by Crippen LogP contribution is -2.38. The molecule has 4 rings (SSSR count). The third-order valence-corrected chi connectivity index (χ3v) is 5.07. The number of aromatic nitrogens is 2. The molecule has 1 atom stereocenters. The van der Waals surface area contributed by atoms with Crippen molar-refractivity contribution < 1.29 is 0 Å². The number of hydrogen-bond donors (Lipinski definition) is 1. The van der Waals surface area contributed by atoms with Gasteiger partial charge in [-0.25, -0.2) is 4.98 Å². The van der Waals surface area contributed by atoms with Gasteiger partial charge in [-0.15, -0.1) is 0 Å². The third kappa shape index (κ3) is 1.80. The summed E-state index contributed by atoms with van der Waals surface area (Å²) < 4.78 is 2.46. The molecule has 1 aliphatic carbocycles. The summed E-state index contributed by atoms with van der Waals surface area (Å²) in [5, 5.41) is 4.52. The van der Waals surface area contributed by atoms with Crippen molar-refractivity contribution in [3.8, 4) is 0 Å². The Morgan fingerprint density at radius 3 is 2.95 bits per heavy atom. The Bertz CT molecular complexity index is 651. The molecule has 0 amide bonds. The molecule has 1 aliphatic heterocycles. The molecule has 1 saturated carbocycles. The van der Waals surface area contributed by atoms with Gasteiger partial charge in [-0.3, -0.25) is 0 Å². The second-order valence-electron chi connectivity index (χ2n) is 6.14. The zero-order chi connectivity index (χ0) is 13.7. The van der Waals surface area contributed by atoms with Crippen LogP contribution in [0.1, 0.15) is 50.9 Å². The average molecular weight is 290 g/mol. The van der Waals surface area contributed by atoms with Crippen LogP contribution in [-0.4, -0.2) is 16.1 Å². The summed E-state index contributed by atoms with van der Waals surface area (Å²) in [4.78, 5) is 4.98. The Hall–Kier alpha value is -1.06. The predicted molar refractivity (Wildman–Crippen MR) is 82.2 cm³/mol. The van der Waals surface area contributed by atoms with Crippen LogP contribution in [0.15, 0.2) is 18.2 Å². The van der Waals surface area contributed by atoms with E-state index in [0.29, 0.717) is 6.04 Å². The van der Waals surface area contributed by atoms with Crippen molar-refractivity contribution in [1.29, 1.82) is 0 Å². The summed E-state index contributed by atoms with van der Waals surface area (Å²) >= 11 is 6.20. The van der Waals surface area contributed by atoms with Crippen molar-refractivity contribution in [3.05, 3.63) is 29.0 Å². The lowest BCUT2D eigenvalue weighted by Gasteiger charge is -2.28. The molecule has 1 saturated heterocycles. The summed E-state index contributed by atoms with van der Waals surface area (Å²) in [6.45, 7) is 3.37. The van der Waals surface area contributed by atoms with E-state index in [1.807, 2.05) is 6.07 Å². The van der Waals surface area contributed by atoms with Gasteiger partial charge in [0, 0.05) is 11.1 Å². The van der Waals surface area contributed by atoms with Crippen LogP contribution >= 0.6 is 11.6 Å². The first kappa shape index (κ1) is 12.7. The molecule has 2 fully saturated rings. The quantitative estimate of drug-likeness (QED) is 0.925. The van der Waals surface area contributed by atoms with Crippen molar-refractivity contribution in [1.82, 2.24) is 14.9 Å². The minimum absolute atomic E-state index is 0.0636. The van der Waals surface area contributed by atoms with E-state index in [9.17, 15) is 0 Å². The zero-order valence-corrected chi connectivity index (χ0v) is 12.6. The van der Waals surface area contributed by atoms with Gasteiger partial charge in [0.25, 0.3) is 0 Å². The fraction of sp³-hybridized carbons (Fsp3) is 0.562. The highest BCUT2D eigenvalue weighted by Crippen LogP contribution is 2.44. The normalized spacial score (nSPS) is 26.5. The van der Waals surface area contributed by atoms with Crippen molar-refractivity contribution >= 4 is 22.6 Å². The molecule has 2 aromatic rings. The zero-order valence-electron chi connectivity index (χ0n) is 11.8. The van der Waals surface area contributed by atoms with Crippen LogP contribution in [0.25, 0.3) is 11.0 Å². The molecule has 2 aliphatic rings. The van der Waals surface area contributed by atoms with E-state index in [1.54, 1.807) is 0 Å². The summed E-state index contributed by atoms with van der Waals surface area (Å²) in [5.41, 5.74) is 2.35. The molecule has 1 unspecified atom stereocenters. The molecular weight excluding hydrogens is 270 g/mol. The maximum atomic E-state index is 6.20. The van der Waals surface area contributed by atoms with E-state index < -0.39 is 0 Å². The Morgan fingerprint density at radius 1 is 1.45 bits per heavy atom. The van der Waals surface area contributed by atoms with Gasteiger partial charge in [-0.1, -0.05) is 18.5 Å². The summed E-state index contributed by atoms with van der Waals surface area (Å²) in [6, 6.07) is 6.69. The van der Waals surface area contributed by atoms with Crippen LogP contribution in [0.4, 0.5) is 0 Å². The fourth-order valence-electron chi connectivity index (χ4n) is 3.56. The Balaban J connectivity index is 1.96. The molecule has 0 radical (unpaired) electrons. The number of rotatable bonds is 3. The number of hydrogen-bond acceptors (Lipinski definition) is 2. The second kappa shape index (κ2) is 4.47. The van der Waals surface area contributed by atoms with E-state index in [1.165, 1.54) is 37.0 Å². The van der Waals surface area contributed by atoms with Gasteiger partial charge in [0.1, 0.15) is 5.82 Å². The Labute approximate surface area is 124 Å². The molecule has 1 N–H and O–H groups in total. The summed E-state index contributed by atoms with van der Waals surface area (Å²) in [7, 11) is 0. The minimum atomic E-state index is 0.0636. The first-order valence-corrected chi connectivity index (χ1v) is 8.04. The SMILES string of the molecule is CCC1(c2nc3ccc(Cl)cc3n2C2CC2)CCCN1.